The number of aliphatic carboxylic acids is 1. The predicted octanol–water partition coefficient (Wildman–Crippen LogP) is 0.575. The number of carbonyl (C=O) groups excluding carboxylic acids is 2. The molecule has 0 aliphatic heterocycles. The van der Waals surface area contributed by atoms with E-state index in [2.05, 4.69) is 5.32 Å². The summed E-state index contributed by atoms with van der Waals surface area (Å²) in [5.74, 6) is -2.12. The number of urea groups is 1. The lowest BCUT2D eigenvalue weighted by Crippen LogP contribution is -2.44. The van der Waals surface area contributed by atoms with Crippen LogP contribution in [0.25, 0.3) is 0 Å². The molecule has 0 aromatic heterocycles. The molecule has 0 heterocycles. The number of rotatable bonds is 6. The molecule has 0 saturated heterocycles. The summed E-state index contributed by atoms with van der Waals surface area (Å²) in [5.41, 5.74) is 5.68. The summed E-state index contributed by atoms with van der Waals surface area (Å²) in [7, 11) is 1.49. The number of primary amides is 1. The maximum absolute atomic E-state index is 12.4. The number of carboxylic acid groups (broad SMARTS) is 1. The van der Waals surface area contributed by atoms with Crippen molar-refractivity contribution in [2.24, 2.45) is 11.7 Å². The molecule has 1 aromatic rings. The van der Waals surface area contributed by atoms with Gasteiger partial charge in [0.25, 0.3) is 0 Å². The molecule has 2 unspecified atom stereocenters. The smallest absolute Gasteiger partial charge is 0.313 e. The average Bonchev–Trinajstić information content (AvgIpc) is 2.44. The molecule has 2 atom stereocenters. The highest BCUT2D eigenvalue weighted by Crippen LogP contribution is 2.15. The predicted molar refractivity (Wildman–Crippen MR) is 76.3 cm³/mol. The lowest BCUT2D eigenvalue weighted by Gasteiger charge is -2.25. The Morgan fingerprint density at radius 3 is 2.33 bits per heavy atom. The van der Waals surface area contributed by atoms with Gasteiger partial charge in [-0.25, -0.2) is 4.79 Å². The Morgan fingerprint density at radius 2 is 1.86 bits per heavy atom. The number of hydrogen-bond acceptors (Lipinski definition) is 3. The van der Waals surface area contributed by atoms with E-state index in [0.29, 0.717) is 5.56 Å². The number of carbonyl (C=O) groups is 3. The van der Waals surface area contributed by atoms with Crippen molar-refractivity contribution in [3.8, 4) is 0 Å². The molecule has 21 heavy (non-hydrogen) atoms. The zero-order chi connectivity index (χ0) is 16.0. The van der Waals surface area contributed by atoms with E-state index in [9.17, 15) is 14.4 Å². The second kappa shape index (κ2) is 7.28. The molecule has 114 valence electrons. The summed E-state index contributed by atoms with van der Waals surface area (Å²) in [6.07, 6.45) is 0. The molecule has 7 nitrogen and oxygen atoms in total. The highest BCUT2D eigenvalue weighted by molar-refractivity contribution is 5.87. The molecule has 0 radical (unpaired) electrons. The average molecular weight is 293 g/mol. The van der Waals surface area contributed by atoms with E-state index < -0.39 is 29.9 Å². The topological polar surface area (TPSA) is 113 Å². The maximum Gasteiger partial charge on any atom is 0.313 e. The van der Waals surface area contributed by atoms with Gasteiger partial charge in [0.1, 0.15) is 6.04 Å². The molecule has 1 rings (SSSR count). The molecule has 0 aliphatic carbocycles. The monoisotopic (exact) mass is 293 g/mol. The van der Waals surface area contributed by atoms with Gasteiger partial charge < -0.3 is 21.1 Å². The second-order valence-corrected chi connectivity index (χ2v) is 4.81. The first-order chi connectivity index (χ1) is 9.82. The van der Waals surface area contributed by atoms with Crippen molar-refractivity contribution in [1.29, 1.82) is 0 Å². The fourth-order valence-corrected chi connectivity index (χ4v) is 1.87. The Hall–Kier alpha value is -2.57. The number of nitrogens with zero attached hydrogens (tertiary/aromatic N) is 1. The Morgan fingerprint density at radius 1 is 1.29 bits per heavy atom. The molecule has 0 spiro atoms. The fraction of sp³-hybridized carbons (Fsp3) is 0.357. The van der Waals surface area contributed by atoms with Crippen molar-refractivity contribution in [2.45, 2.75) is 13.0 Å². The number of hydrogen-bond donors (Lipinski definition) is 3. The van der Waals surface area contributed by atoms with E-state index in [4.69, 9.17) is 10.8 Å². The SMILES string of the molecule is CC(CN(C)C(=O)C(NC(N)=O)c1ccccc1)C(=O)O. The van der Waals surface area contributed by atoms with Gasteiger partial charge in [0.05, 0.1) is 5.92 Å². The van der Waals surface area contributed by atoms with Gasteiger partial charge in [0, 0.05) is 13.6 Å². The van der Waals surface area contributed by atoms with E-state index in [0.717, 1.165) is 0 Å². The first kappa shape index (κ1) is 16.5. The summed E-state index contributed by atoms with van der Waals surface area (Å²) in [4.78, 5) is 35.6. The number of likely N-dealkylation sites (N-methyl/N-ethyl adjacent to an activating group) is 1. The van der Waals surface area contributed by atoms with Gasteiger partial charge in [-0.3, -0.25) is 9.59 Å². The lowest BCUT2D eigenvalue weighted by molar-refractivity contribution is -0.143. The van der Waals surface area contributed by atoms with Crippen LogP contribution in [0.15, 0.2) is 30.3 Å². The second-order valence-electron chi connectivity index (χ2n) is 4.81. The van der Waals surface area contributed by atoms with Crippen molar-refractivity contribution >= 4 is 17.9 Å². The molecule has 0 aliphatic rings. The Balaban J connectivity index is 2.90. The number of nitrogens with one attached hydrogen (secondary N) is 1. The highest BCUT2D eigenvalue weighted by atomic mass is 16.4. The van der Waals surface area contributed by atoms with Crippen LogP contribution < -0.4 is 11.1 Å². The van der Waals surface area contributed by atoms with Crippen LogP contribution in [-0.2, 0) is 9.59 Å². The molecule has 0 fully saturated rings. The normalized spacial score (nSPS) is 13.0. The van der Waals surface area contributed by atoms with Gasteiger partial charge in [-0.2, -0.15) is 0 Å². The summed E-state index contributed by atoms with van der Waals surface area (Å²) >= 11 is 0. The van der Waals surface area contributed by atoms with Crippen LogP contribution in [0.3, 0.4) is 0 Å². The minimum absolute atomic E-state index is 0.0396. The van der Waals surface area contributed by atoms with Crippen molar-refractivity contribution in [1.82, 2.24) is 10.2 Å². The van der Waals surface area contributed by atoms with Crippen molar-refractivity contribution in [3.05, 3.63) is 35.9 Å². The zero-order valence-electron chi connectivity index (χ0n) is 11.9. The van der Waals surface area contributed by atoms with Gasteiger partial charge >= 0.3 is 12.0 Å². The van der Waals surface area contributed by atoms with Gasteiger partial charge in [-0.05, 0) is 5.56 Å². The maximum atomic E-state index is 12.4. The first-order valence-corrected chi connectivity index (χ1v) is 6.41. The summed E-state index contributed by atoms with van der Waals surface area (Å²) in [6.45, 7) is 1.54. The molecule has 1 aromatic carbocycles. The molecule has 3 amide bonds. The number of nitrogens with two attached hydrogens (primary N) is 1. The van der Waals surface area contributed by atoms with Crippen LogP contribution in [0.5, 0.6) is 0 Å². The Bertz CT molecular complexity index is 518. The third-order valence-corrected chi connectivity index (χ3v) is 3.01. The van der Waals surface area contributed by atoms with E-state index in [1.54, 1.807) is 30.3 Å². The zero-order valence-corrected chi connectivity index (χ0v) is 11.9. The van der Waals surface area contributed by atoms with Crippen LogP contribution in [0.4, 0.5) is 4.79 Å². The van der Waals surface area contributed by atoms with Crippen LogP contribution in [0, 0.1) is 5.92 Å². The third kappa shape index (κ3) is 4.79. The van der Waals surface area contributed by atoms with Gasteiger partial charge in [-0.1, -0.05) is 37.3 Å². The molecule has 4 N–H and O–H groups in total. The quantitative estimate of drug-likeness (QED) is 0.711. The van der Waals surface area contributed by atoms with E-state index in [1.165, 1.54) is 18.9 Å². The minimum Gasteiger partial charge on any atom is -0.481 e. The summed E-state index contributed by atoms with van der Waals surface area (Å²) in [5, 5.41) is 11.3. The van der Waals surface area contributed by atoms with Crippen LogP contribution in [-0.4, -0.2) is 41.5 Å². The standard InChI is InChI=1S/C14H19N3O4/c1-9(13(19)20)8-17(2)12(18)11(16-14(15)21)10-6-4-3-5-7-10/h3-7,9,11H,8H2,1-2H3,(H,19,20)(H3,15,16,21). The molecular weight excluding hydrogens is 274 g/mol. The fourth-order valence-electron chi connectivity index (χ4n) is 1.87. The molecule has 0 bridgehead atoms. The van der Waals surface area contributed by atoms with Crippen molar-refractivity contribution < 1.29 is 19.5 Å². The number of benzene rings is 1. The van der Waals surface area contributed by atoms with Crippen molar-refractivity contribution in [3.63, 3.8) is 0 Å². The largest absolute Gasteiger partial charge is 0.481 e. The minimum atomic E-state index is -0.992. The van der Waals surface area contributed by atoms with Gasteiger partial charge in [-0.15, -0.1) is 0 Å². The van der Waals surface area contributed by atoms with Crippen LogP contribution in [0.1, 0.15) is 18.5 Å². The highest BCUT2D eigenvalue weighted by Gasteiger charge is 2.26. The van der Waals surface area contributed by atoms with Crippen molar-refractivity contribution in [2.75, 3.05) is 13.6 Å². The van der Waals surface area contributed by atoms with Crippen LogP contribution in [0.2, 0.25) is 0 Å². The van der Waals surface area contributed by atoms with Gasteiger partial charge in [0.15, 0.2) is 0 Å². The molecule has 0 saturated carbocycles. The summed E-state index contributed by atoms with van der Waals surface area (Å²) < 4.78 is 0. The molecule has 7 heteroatoms. The van der Waals surface area contributed by atoms with E-state index in [1.807, 2.05) is 0 Å². The van der Waals surface area contributed by atoms with E-state index in [-0.39, 0.29) is 6.54 Å². The summed E-state index contributed by atoms with van der Waals surface area (Å²) in [6, 6.07) is 6.87. The number of carboxylic acids is 1. The number of amides is 3. The third-order valence-electron chi connectivity index (χ3n) is 3.01. The van der Waals surface area contributed by atoms with E-state index >= 15 is 0 Å². The van der Waals surface area contributed by atoms with Crippen LogP contribution >= 0.6 is 0 Å². The Kier molecular flexibility index (Phi) is 5.71. The lowest BCUT2D eigenvalue weighted by atomic mass is 10.0. The van der Waals surface area contributed by atoms with Gasteiger partial charge in [0.2, 0.25) is 5.91 Å². The first-order valence-electron chi connectivity index (χ1n) is 6.41. The molecular formula is C14H19N3O4. The Labute approximate surface area is 122 Å².